The number of anilines is 3. The molecule has 0 fully saturated rings. The Morgan fingerprint density at radius 2 is 1.89 bits per heavy atom. The second kappa shape index (κ2) is 5.63. The Morgan fingerprint density at radius 3 is 2.61 bits per heavy atom. The fourth-order valence-corrected chi connectivity index (χ4v) is 2.27. The highest BCUT2D eigenvalue weighted by Crippen LogP contribution is 2.31. The smallest absolute Gasteiger partial charge is 0.122 e. The predicted molar refractivity (Wildman–Crippen MR) is 82.5 cm³/mol. The van der Waals surface area contributed by atoms with Gasteiger partial charge in [0.05, 0.1) is 12.8 Å². The van der Waals surface area contributed by atoms with Gasteiger partial charge in [-0.1, -0.05) is 15.9 Å². The van der Waals surface area contributed by atoms with Gasteiger partial charge in [-0.3, -0.25) is 0 Å². The first-order valence-electron chi connectivity index (χ1n) is 5.25. The number of hydrogen-bond donors (Lipinski definition) is 2. The predicted octanol–water partition coefficient (Wildman–Crippen LogP) is 4.55. The quantitative estimate of drug-likeness (QED) is 0.778. The van der Waals surface area contributed by atoms with E-state index >= 15 is 0 Å². The van der Waals surface area contributed by atoms with Gasteiger partial charge >= 0.3 is 0 Å². The zero-order valence-corrected chi connectivity index (χ0v) is 12.9. The molecule has 5 heteroatoms. The summed E-state index contributed by atoms with van der Waals surface area (Å²) >= 11 is 6.94. The van der Waals surface area contributed by atoms with Gasteiger partial charge < -0.3 is 15.8 Å². The SMILES string of the molecule is COc1cc(N)cc(Nc2cc(Br)ccc2Br)c1. The number of halogens is 2. The molecule has 0 aliphatic rings. The molecule has 0 saturated heterocycles. The molecule has 2 aromatic carbocycles. The second-order valence-corrected chi connectivity index (χ2v) is 5.51. The van der Waals surface area contributed by atoms with Crippen molar-refractivity contribution in [1.29, 1.82) is 0 Å². The lowest BCUT2D eigenvalue weighted by molar-refractivity contribution is 0.415. The van der Waals surface area contributed by atoms with Crippen LogP contribution in [0.1, 0.15) is 0 Å². The summed E-state index contributed by atoms with van der Waals surface area (Å²) in [6.45, 7) is 0. The molecule has 0 unspecified atom stereocenters. The van der Waals surface area contributed by atoms with Gasteiger partial charge in [-0.2, -0.15) is 0 Å². The Hall–Kier alpha value is -1.20. The van der Waals surface area contributed by atoms with Crippen LogP contribution in [0.2, 0.25) is 0 Å². The van der Waals surface area contributed by atoms with Crippen molar-refractivity contribution in [2.75, 3.05) is 18.2 Å². The van der Waals surface area contributed by atoms with Gasteiger partial charge in [0.25, 0.3) is 0 Å². The molecular weight excluding hydrogens is 360 g/mol. The normalized spacial score (nSPS) is 10.2. The van der Waals surface area contributed by atoms with E-state index in [1.807, 2.05) is 30.3 Å². The number of rotatable bonds is 3. The van der Waals surface area contributed by atoms with Gasteiger partial charge in [0.2, 0.25) is 0 Å². The van der Waals surface area contributed by atoms with Crippen LogP contribution >= 0.6 is 31.9 Å². The number of ether oxygens (including phenoxy) is 1. The van der Waals surface area contributed by atoms with Crippen molar-refractivity contribution < 1.29 is 4.74 Å². The van der Waals surface area contributed by atoms with Crippen molar-refractivity contribution >= 4 is 48.9 Å². The number of hydrogen-bond acceptors (Lipinski definition) is 3. The van der Waals surface area contributed by atoms with Crippen molar-refractivity contribution in [3.05, 3.63) is 45.3 Å². The molecule has 0 aromatic heterocycles. The Labute approximate surface area is 123 Å². The molecule has 0 amide bonds. The van der Waals surface area contributed by atoms with Crippen molar-refractivity contribution in [2.24, 2.45) is 0 Å². The minimum atomic E-state index is 0.656. The van der Waals surface area contributed by atoms with E-state index in [1.54, 1.807) is 13.2 Å². The van der Waals surface area contributed by atoms with Gasteiger partial charge in [0, 0.05) is 32.5 Å². The van der Waals surface area contributed by atoms with Crippen LogP contribution in [0.3, 0.4) is 0 Å². The van der Waals surface area contributed by atoms with Crippen molar-refractivity contribution in [3.8, 4) is 5.75 Å². The topological polar surface area (TPSA) is 47.3 Å². The van der Waals surface area contributed by atoms with E-state index in [1.165, 1.54) is 0 Å². The molecule has 3 N–H and O–H groups in total. The van der Waals surface area contributed by atoms with Crippen LogP contribution in [-0.4, -0.2) is 7.11 Å². The van der Waals surface area contributed by atoms with Gasteiger partial charge in [0.15, 0.2) is 0 Å². The third kappa shape index (κ3) is 3.17. The summed E-state index contributed by atoms with van der Waals surface area (Å²) in [4.78, 5) is 0. The number of nitrogens with two attached hydrogens (primary N) is 1. The number of benzene rings is 2. The molecule has 3 nitrogen and oxygen atoms in total. The standard InChI is InChI=1S/C13H12Br2N2O/c1-18-11-6-9(16)5-10(7-11)17-13-4-8(14)2-3-12(13)15/h2-7,17H,16H2,1H3. The minimum absolute atomic E-state index is 0.656. The molecule has 0 saturated carbocycles. The highest BCUT2D eigenvalue weighted by atomic mass is 79.9. The fraction of sp³-hybridized carbons (Fsp3) is 0.0769. The Balaban J connectivity index is 2.33. The monoisotopic (exact) mass is 370 g/mol. The summed E-state index contributed by atoms with van der Waals surface area (Å²) in [5.74, 6) is 0.726. The third-order valence-electron chi connectivity index (χ3n) is 2.37. The molecule has 18 heavy (non-hydrogen) atoms. The first kappa shape index (κ1) is 13.2. The van der Waals surface area contributed by atoms with Crippen molar-refractivity contribution in [1.82, 2.24) is 0 Å². The summed E-state index contributed by atoms with van der Waals surface area (Å²) in [5, 5.41) is 3.29. The highest BCUT2D eigenvalue weighted by Gasteiger charge is 2.03. The molecule has 2 rings (SSSR count). The average molecular weight is 372 g/mol. The third-order valence-corrected chi connectivity index (χ3v) is 3.56. The molecule has 0 aliphatic carbocycles. The van der Waals surface area contributed by atoms with Crippen LogP contribution in [0, 0.1) is 0 Å². The van der Waals surface area contributed by atoms with Gasteiger partial charge in [-0.15, -0.1) is 0 Å². The molecule has 94 valence electrons. The van der Waals surface area contributed by atoms with E-state index in [0.717, 1.165) is 26.1 Å². The van der Waals surface area contributed by atoms with Gasteiger partial charge in [-0.25, -0.2) is 0 Å². The van der Waals surface area contributed by atoms with Gasteiger partial charge in [-0.05, 0) is 40.2 Å². The van der Waals surface area contributed by atoms with Crippen LogP contribution in [0.5, 0.6) is 5.75 Å². The summed E-state index contributed by atoms with van der Waals surface area (Å²) in [6, 6.07) is 11.5. The minimum Gasteiger partial charge on any atom is -0.497 e. The molecule has 2 aromatic rings. The Bertz CT molecular complexity index is 573. The van der Waals surface area contributed by atoms with Crippen molar-refractivity contribution in [3.63, 3.8) is 0 Å². The van der Waals surface area contributed by atoms with E-state index in [0.29, 0.717) is 5.69 Å². The van der Waals surface area contributed by atoms with Crippen LogP contribution in [-0.2, 0) is 0 Å². The molecule has 0 radical (unpaired) electrons. The molecule has 0 spiro atoms. The lowest BCUT2D eigenvalue weighted by Crippen LogP contribution is -1.95. The largest absolute Gasteiger partial charge is 0.497 e. The first-order valence-corrected chi connectivity index (χ1v) is 6.84. The molecule has 0 aliphatic heterocycles. The number of nitrogen functional groups attached to an aromatic ring is 1. The number of nitrogens with one attached hydrogen (secondary N) is 1. The maximum atomic E-state index is 5.82. The second-order valence-electron chi connectivity index (χ2n) is 3.74. The molecular formula is C13H12Br2N2O. The summed E-state index contributed by atoms with van der Waals surface area (Å²) in [6.07, 6.45) is 0. The summed E-state index contributed by atoms with van der Waals surface area (Å²) in [5.41, 5.74) is 8.31. The average Bonchev–Trinajstić information content (AvgIpc) is 2.33. The zero-order chi connectivity index (χ0) is 13.1. The Kier molecular flexibility index (Phi) is 4.14. The highest BCUT2D eigenvalue weighted by molar-refractivity contribution is 9.11. The zero-order valence-electron chi connectivity index (χ0n) is 9.71. The lowest BCUT2D eigenvalue weighted by Gasteiger charge is -2.11. The van der Waals surface area contributed by atoms with E-state index in [9.17, 15) is 0 Å². The van der Waals surface area contributed by atoms with E-state index in [-0.39, 0.29) is 0 Å². The first-order chi connectivity index (χ1) is 8.58. The molecule has 0 bridgehead atoms. The Morgan fingerprint density at radius 1 is 1.11 bits per heavy atom. The van der Waals surface area contributed by atoms with Crippen LogP contribution in [0.25, 0.3) is 0 Å². The van der Waals surface area contributed by atoms with E-state index in [2.05, 4.69) is 37.2 Å². The summed E-state index contributed by atoms with van der Waals surface area (Å²) < 4.78 is 7.17. The van der Waals surface area contributed by atoms with E-state index < -0.39 is 0 Å². The van der Waals surface area contributed by atoms with Crippen LogP contribution in [0.4, 0.5) is 17.1 Å². The fourth-order valence-electron chi connectivity index (χ4n) is 1.56. The molecule has 0 atom stereocenters. The maximum Gasteiger partial charge on any atom is 0.122 e. The number of methoxy groups -OCH3 is 1. The van der Waals surface area contributed by atoms with Crippen LogP contribution in [0.15, 0.2) is 45.3 Å². The van der Waals surface area contributed by atoms with E-state index in [4.69, 9.17) is 10.5 Å². The van der Waals surface area contributed by atoms with Crippen LogP contribution < -0.4 is 15.8 Å². The van der Waals surface area contributed by atoms with Crippen molar-refractivity contribution in [2.45, 2.75) is 0 Å². The lowest BCUT2D eigenvalue weighted by atomic mass is 10.2. The molecule has 0 heterocycles. The maximum absolute atomic E-state index is 5.82. The van der Waals surface area contributed by atoms with Gasteiger partial charge in [0.1, 0.15) is 5.75 Å². The summed E-state index contributed by atoms with van der Waals surface area (Å²) in [7, 11) is 1.62.